The van der Waals surface area contributed by atoms with Crippen molar-refractivity contribution >= 4 is 35.0 Å². The van der Waals surface area contributed by atoms with Crippen LogP contribution in [0.5, 0.6) is 0 Å². The molecular formula is C21H16N4O4. The Morgan fingerprint density at radius 3 is 2.17 bits per heavy atom. The van der Waals surface area contributed by atoms with Crippen LogP contribution in [-0.2, 0) is 9.59 Å². The molecule has 0 bridgehead atoms. The summed E-state index contributed by atoms with van der Waals surface area (Å²) in [5, 5.41) is 6.15. The smallest absolute Gasteiger partial charge is 0.261 e. The molecule has 3 aliphatic heterocycles. The molecule has 0 aromatic heterocycles. The fourth-order valence-electron chi connectivity index (χ4n) is 4.18. The molecule has 5 rings (SSSR count). The minimum absolute atomic E-state index is 0.224. The van der Waals surface area contributed by atoms with Gasteiger partial charge in [0.05, 0.1) is 22.5 Å². The van der Waals surface area contributed by atoms with E-state index in [1.807, 2.05) is 18.2 Å². The highest BCUT2D eigenvalue weighted by Crippen LogP contribution is 2.38. The van der Waals surface area contributed by atoms with Gasteiger partial charge in [-0.1, -0.05) is 30.3 Å². The first kappa shape index (κ1) is 17.3. The van der Waals surface area contributed by atoms with Crippen LogP contribution in [0.3, 0.4) is 0 Å². The SMILES string of the molecule is CN1C(=O)c2cccc(C3=NN(c4ccccc4)C4C(=O)N(C)C(=O)C34)c2C1=O. The molecule has 1 saturated heterocycles. The third-order valence-corrected chi connectivity index (χ3v) is 5.68. The number of para-hydroxylation sites is 1. The standard InChI is InChI=1S/C21H16N4O4/c1-23-18(26)13-10-6-9-12(14(13)19(23)27)16-15-17(21(29)24(2)20(15)28)25(22-16)11-7-4-3-5-8-11/h3-10,15,17H,1-2H3. The molecule has 2 aromatic rings. The highest BCUT2D eigenvalue weighted by molar-refractivity contribution is 6.30. The lowest BCUT2D eigenvalue weighted by atomic mass is 9.89. The Hall–Kier alpha value is -3.81. The van der Waals surface area contributed by atoms with Crippen molar-refractivity contribution in [1.82, 2.24) is 9.80 Å². The molecule has 8 heteroatoms. The number of carbonyl (C=O) groups is 4. The zero-order valence-electron chi connectivity index (χ0n) is 15.7. The van der Waals surface area contributed by atoms with Crippen molar-refractivity contribution in [3.8, 4) is 0 Å². The number of hydrogen-bond donors (Lipinski definition) is 0. The van der Waals surface area contributed by atoms with Gasteiger partial charge in [0.15, 0.2) is 0 Å². The lowest BCUT2D eigenvalue weighted by molar-refractivity contribution is -0.137. The highest BCUT2D eigenvalue weighted by atomic mass is 16.2. The van der Waals surface area contributed by atoms with Crippen molar-refractivity contribution in [3.63, 3.8) is 0 Å². The zero-order chi connectivity index (χ0) is 20.4. The van der Waals surface area contributed by atoms with Gasteiger partial charge in [-0.3, -0.25) is 34.0 Å². The molecule has 3 heterocycles. The van der Waals surface area contributed by atoms with Gasteiger partial charge >= 0.3 is 0 Å². The van der Waals surface area contributed by atoms with Crippen LogP contribution < -0.4 is 5.01 Å². The Balaban J connectivity index is 1.72. The summed E-state index contributed by atoms with van der Waals surface area (Å²) in [6.07, 6.45) is 0. The highest BCUT2D eigenvalue weighted by Gasteiger charge is 2.56. The molecule has 3 aliphatic rings. The fraction of sp³-hybridized carbons (Fsp3) is 0.190. The summed E-state index contributed by atoms with van der Waals surface area (Å²) in [4.78, 5) is 53.0. The number of anilines is 1. The molecule has 2 atom stereocenters. The van der Waals surface area contributed by atoms with Gasteiger partial charge in [0.2, 0.25) is 5.91 Å². The first-order valence-electron chi connectivity index (χ1n) is 9.11. The van der Waals surface area contributed by atoms with Gasteiger partial charge in [0.1, 0.15) is 12.0 Å². The number of fused-ring (bicyclic) bond motifs is 2. The van der Waals surface area contributed by atoms with Gasteiger partial charge in [-0.15, -0.1) is 0 Å². The Bertz CT molecular complexity index is 1140. The number of hydrogen-bond acceptors (Lipinski definition) is 6. The van der Waals surface area contributed by atoms with Gasteiger partial charge in [0.25, 0.3) is 17.7 Å². The third-order valence-electron chi connectivity index (χ3n) is 5.68. The molecule has 2 aromatic carbocycles. The number of nitrogens with zero attached hydrogens (tertiary/aromatic N) is 4. The summed E-state index contributed by atoms with van der Waals surface area (Å²) in [6.45, 7) is 0. The van der Waals surface area contributed by atoms with Gasteiger partial charge < -0.3 is 0 Å². The Labute approximate surface area is 166 Å². The predicted molar refractivity (Wildman–Crippen MR) is 103 cm³/mol. The van der Waals surface area contributed by atoms with E-state index < -0.39 is 23.8 Å². The van der Waals surface area contributed by atoms with Crippen molar-refractivity contribution in [1.29, 1.82) is 0 Å². The van der Waals surface area contributed by atoms with Gasteiger partial charge in [0, 0.05) is 19.7 Å². The Kier molecular flexibility index (Phi) is 3.48. The Morgan fingerprint density at radius 1 is 0.759 bits per heavy atom. The van der Waals surface area contributed by atoms with Crippen molar-refractivity contribution in [2.24, 2.45) is 11.0 Å². The van der Waals surface area contributed by atoms with E-state index in [4.69, 9.17) is 0 Å². The fourth-order valence-corrected chi connectivity index (χ4v) is 4.18. The number of hydrazone groups is 1. The van der Waals surface area contributed by atoms with Gasteiger partial charge in [-0.2, -0.15) is 5.10 Å². The monoisotopic (exact) mass is 388 g/mol. The molecule has 144 valence electrons. The van der Waals surface area contributed by atoms with Gasteiger partial charge in [-0.05, 0) is 18.2 Å². The van der Waals surface area contributed by atoms with Crippen molar-refractivity contribution in [3.05, 3.63) is 65.2 Å². The summed E-state index contributed by atoms with van der Waals surface area (Å²) in [7, 11) is 2.86. The number of benzene rings is 2. The van der Waals surface area contributed by atoms with E-state index in [0.717, 1.165) is 9.80 Å². The summed E-state index contributed by atoms with van der Waals surface area (Å²) < 4.78 is 0. The summed E-state index contributed by atoms with van der Waals surface area (Å²) in [5.41, 5.74) is 1.91. The summed E-state index contributed by atoms with van der Waals surface area (Å²) in [6, 6.07) is 13.2. The van der Waals surface area contributed by atoms with Crippen molar-refractivity contribution in [2.45, 2.75) is 6.04 Å². The molecule has 2 unspecified atom stereocenters. The molecule has 8 nitrogen and oxygen atoms in total. The maximum absolute atomic E-state index is 12.9. The largest absolute Gasteiger partial charge is 0.283 e. The van der Waals surface area contributed by atoms with Crippen LogP contribution in [0.1, 0.15) is 26.3 Å². The van der Waals surface area contributed by atoms with Crippen LogP contribution in [-0.4, -0.2) is 59.3 Å². The molecular weight excluding hydrogens is 372 g/mol. The summed E-state index contributed by atoms with van der Waals surface area (Å²) >= 11 is 0. The molecule has 0 N–H and O–H groups in total. The lowest BCUT2D eigenvalue weighted by Crippen LogP contribution is -2.38. The molecule has 29 heavy (non-hydrogen) atoms. The molecule has 4 amide bonds. The van der Waals surface area contributed by atoms with Crippen molar-refractivity contribution < 1.29 is 19.2 Å². The number of likely N-dealkylation sites (tertiary alicyclic amines) is 1. The quantitative estimate of drug-likeness (QED) is 0.719. The number of likely N-dealkylation sites (N-methyl/N-ethyl adjacent to an activating group) is 1. The van der Waals surface area contributed by atoms with E-state index in [0.29, 0.717) is 17.0 Å². The molecule has 0 radical (unpaired) electrons. The van der Waals surface area contributed by atoms with Crippen LogP contribution in [0.15, 0.2) is 53.6 Å². The van der Waals surface area contributed by atoms with E-state index in [1.54, 1.807) is 30.3 Å². The van der Waals surface area contributed by atoms with Crippen LogP contribution in [0.2, 0.25) is 0 Å². The number of carbonyl (C=O) groups excluding carboxylic acids is 4. The van der Waals surface area contributed by atoms with Crippen LogP contribution in [0.4, 0.5) is 5.69 Å². The molecule has 0 spiro atoms. The predicted octanol–water partition coefficient (Wildman–Crippen LogP) is 1.12. The third kappa shape index (κ3) is 2.16. The van der Waals surface area contributed by atoms with E-state index in [9.17, 15) is 19.2 Å². The second-order valence-corrected chi connectivity index (χ2v) is 7.22. The van der Waals surface area contributed by atoms with E-state index in [2.05, 4.69) is 5.10 Å². The number of imide groups is 2. The number of rotatable bonds is 2. The lowest BCUT2D eigenvalue weighted by Gasteiger charge is -2.20. The normalized spacial score (nSPS) is 23.1. The second-order valence-electron chi connectivity index (χ2n) is 7.22. The van der Waals surface area contributed by atoms with Crippen LogP contribution >= 0.6 is 0 Å². The first-order chi connectivity index (χ1) is 13.9. The first-order valence-corrected chi connectivity index (χ1v) is 9.11. The summed E-state index contributed by atoms with van der Waals surface area (Å²) in [5.74, 6) is -2.40. The van der Waals surface area contributed by atoms with Gasteiger partial charge in [-0.25, -0.2) is 0 Å². The van der Waals surface area contributed by atoms with E-state index in [1.165, 1.54) is 19.1 Å². The Morgan fingerprint density at radius 2 is 1.45 bits per heavy atom. The topological polar surface area (TPSA) is 90.4 Å². The average molecular weight is 388 g/mol. The minimum atomic E-state index is -0.840. The second kappa shape index (κ2) is 5.84. The van der Waals surface area contributed by atoms with Crippen molar-refractivity contribution in [2.75, 3.05) is 19.1 Å². The minimum Gasteiger partial charge on any atom is -0.283 e. The maximum atomic E-state index is 12.9. The zero-order valence-corrected chi connectivity index (χ0v) is 15.7. The molecule has 0 aliphatic carbocycles. The van der Waals surface area contributed by atoms with Crippen LogP contribution in [0.25, 0.3) is 0 Å². The molecule has 1 fully saturated rings. The van der Waals surface area contributed by atoms with E-state index >= 15 is 0 Å². The molecule has 0 saturated carbocycles. The van der Waals surface area contributed by atoms with Crippen LogP contribution in [0, 0.1) is 5.92 Å². The maximum Gasteiger partial charge on any atom is 0.261 e. The van der Waals surface area contributed by atoms with E-state index in [-0.39, 0.29) is 22.9 Å². The number of amides is 4. The average Bonchev–Trinajstić information content (AvgIpc) is 3.32.